The molecule has 176 valence electrons. The average Bonchev–Trinajstić information content (AvgIpc) is 3.46. The fourth-order valence-electron chi connectivity index (χ4n) is 4.04. The normalized spacial score (nSPS) is 13.9. The molecule has 2 aromatic heterocycles. The molecule has 0 spiro atoms. The summed E-state index contributed by atoms with van der Waals surface area (Å²) in [6.45, 7) is 0. The molecule has 1 N–H and O–H groups in total. The van der Waals surface area contributed by atoms with E-state index in [0.717, 1.165) is 53.2 Å². The van der Waals surface area contributed by atoms with Crippen molar-refractivity contribution in [3.05, 3.63) is 78.1 Å². The number of imidazole rings is 1. The molecular weight excluding hydrogens is 478 g/mol. The molecule has 5 nitrogen and oxygen atoms in total. The molecule has 0 radical (unpaired) electrons. The van der Waals surface area contributed by atoms with Crippen LogP contribution in [0.3, 0.4) is 0 Å². The molecular formula is C25H17F4N5S. The first-order valence-electron chi connectivity index (χ1n) is 10.9. The van der Waals surface area contributed by atoms with Crippen LogP contribution in [0.5, 0.6) is 0 Å². The van der Waals surface area contributed by atoms with Crippen LogP contribution < -0.4 is 5.32 Å². The Labute approximate surface area is 201 Å². The number of halogens is 4. The molecule has 1 aliphatic carbocycles. The van der Waals surface area contributed by atoms with Gasteiger partial charge in [0.15, 0.2) is 0 Å². The second kappa shape index (κ2) is 8.16. The maximum Gasteiger partial charge on any atom is 0.416 e. The molecule has 0 bridgehead atoms. The molecule has 0 aliphatic heterocycles. The highest BCUT2D eigenvalue weighted by Crippen LogP contribution is 2.42. The molecule has 1 saturated carbocycles. The molecule has 35 heavy (non-hydrogen) atoms. The first-order chi connectivity index (χ1) is 16.9. The fraction of sp³-hybridized carbons (Fsp3) is 0.160. The number of aromatic nitrogens is 4. The van der Waals surface area contributed by atoms with Gasteiger partial charge in [0.1, 0.15) is 16.6 Å². The van der Waals surface area contributed by atoms with Crippen LogP contribution >= 0.6 is 11.3 Å². The second-order valence-corrected chi connectivity index (χ2v) is 9.32. The predicted octanol–water partition coefficient (Wildman–Crippen LogP) is 7.46. The van der Waals surface area contributed by atoms with Crippen LogP contribution in [-0.2, 0) is 6.18 Å². The molecule has 10 heteroatoms. The number of hydrogen-bond donors (Lipinski definition) is 1. The van der Waals surface area contributed by atoms with Gasteiger partial charge in [0, 0.05) is 23.2 Å². The zero-order chi connectivity index (χ0) is 24.2. The van der Waals surface area contributed by atoms with Crippen LogP contribution in [0.4, 0.5) is 28.4 Å². The van der Waals surface area contributed by atoms with Crippen LogP contribution in [0, 0.1) is 5.82 Å². The molecule has 3 aromatic carbocycles. The van der Waals surface area contributed by atoms with Crippen molar-refractivity contribution in [3.63, 3.8) is 0 Å². The van der Waals surface area contributed by atoms with Crippen molar-refractivity contribution in [1.29, 1.82) is 0 Å². The Kier molecular flexibility index (Phi) is 5.06. The smallest absolute Gasteiger partial charge is 0.328 e. The van der Waals surface area contributed by atoms with E-state index in [0.29, 0.717) is 16.6 Å². The van der Waals surface area contributed by atoms with Gasteiger partial charge in [0.25, 0.3) is 0 Å². The number of fused-ring (bicyclic) bond motifs is 1. The summed E-state index contributed by atoms with van der Waals surface area (Å²) in [5.74, 6) is 0.317. The van der Waals surface area contributed by atoms with Crippen molar-refractivity contribution in [2.45, 2.75) is 25.1 Å². The van der Waals surface area contributed by atoms with E-state index >= 15 is 4.39 Å². The molecule has 0 unspecified atom stereocenters. The van der Waals surface area contributed by atoms with Crippen molar-refractivity contribution in [2.24, 2.45) is 0 Å². The maximum atomic E-state index is 15.1. The molecule has 5 aromatic rings. The lowest BCUT2D eigenvalue weighted by atomic mass is 10.1. The van der Waals surface area contributed by atoms with Gasteiger partial charge in [0.05, 0.1) is 22.3 Å². The van der Waals surface area contributed by atoms with Gasteiger partial charge in [-0.25, -0.2) is 9.37 Å². The molecule has 6 rings (SSSR count). The van der Waals surface area contributed by atoms with Gasteiger partial charge in [-0.2, -0.15) is 13.2 Å². The van der Waals surface area contributed by atoms with E-state index in [2.05, 4.69) is 20.1 Å². The Bertz CT molecular complexity index is 1540. The molecule has 0 amide bonds. The van der Waals surface area contributed by atoms with E-state index in [4.69, 9.17) is 4.98 Å². The molecule has 0 saturated heterocycles. The minimum Gasteiger partial charge on any atom is -0.328 e. The monoisotopic (exact) mass is 495 g/mol. The predicted molar refractivity (Wildman–Crippen MR) is 127 cm³/mol. The van der Waals surface area contributed by atoms with Crippen LogP contribution in [0.15, 0.2) is 66.7 Å². The minimum absolute atomic E-state index is 0.171. The number of benzene rings is 3. The van der Waals surface area contributed by atoms with Crippen molar-refractivity contribution in [3.8, 4) is 22.0 Å². The van der Waals surface area contributed by atoms with Gasteiger partial charge >= 0.3 is 6.18 Å². The summed E-state index contributed by atoms with van der Waals surface area (Å²) >= 11 is 1.04. The number of anilines is 2. The largest absolute Gasteiger partial charge is 0.416 e. The van der Waals surface area contributed by atoms with Crippen LogP contribution in [0.2, 0.25) is 0 Å². The van der Waals surface area contributed by atoms with E-state index in [1.165, 1.54) is 18.2 Å². The quantitative estimate of drug-likeness (QED) is 0.257. The number of hydrogen-bond acceptors (Lipinski definition) is 5. The summed E-state index contributed by atoms with van der Waals surface area (Å²) in [4.78, 5) is 4.79. The minimum atomic E-state index is -4.46. The first kappa shape index (κ1) is 21.7. The summed E-state index contributed by atoms with van der Waals surface area (Å²) in [7, 11) is 0. The summed E-state index contributed by atoms with van der Waals surface area (Å²) < 4.78 is 56.4. The molecule has 0 atom stereocenters. The highest BCUT2D eigenvalue weighted by atomic mass is 32.1. The Morgan fingerprint density at radius 3 is 2.43 bits per heavy atom. The van der Waals surface area contributed by atoms with E-state index < -0.39 is 17.6 Å². The summed E-state index contributed by atoms with van der Waals surface area (Å²) in [6, 6.07) is 18.0. The Hall–Kier alpha value is -3.79. The third-order valence-corrected chi connectivity index (χ3v) is 6.71. The van der Waals surface area contributed by atoms with E-state index in [9.17, 15) is 13.2 Å². The van der Waals surface area contributed by atoms with Gasteiger partial charge < -0.3 is 9.88 Å². The van der Waals surface area contributed by atoms with Gasteiger partial charge in [-0.15, -0.1) is 10.2 Å². The number of nitrogens with zero attached hydrogens (tertiary/aromatic N) is 4. The lowest BCUT2D eigenvalue weighted by Gasteiger charge is -2.08. The van der Waals surface area contributed by atoms with E-state index in [-0.39, 0.29) is 16.4 Å². The van der Waals surface area contributed by atoms with E-state index in [1.807, 2.05) is 30.3 Å². The topological polar surface area (TPSA) is 55.6 Å². The number of nitrogens with one attached hydrogen (secondary N) is 1. The van der Waals surface area contributed by atoms with Crippen LogP contribution in [0.1, 0.15) is 24.4 Å². The van der Waals surface area contributed by atoms with Gasteiger partial charge in [-0.1, -0.05) is 53.8 Å². The van der Waals surface area contributed by atoms with Crippen molar-refractivity contribution in [1.82, 2.24) is 19.7 Å². The second-order valence-electron chi connectivity index (χ2n) is 8.34. The summed E-state index contributed by atoms with van der Waals surface area (Å²) in [5, 5.41) is 11.4. The highest BCUT2D eigenvalue weighted by Gasteiger charge is 2.31. The standard InChI is InChI=1S/C25H17F4N5S/c26-18-12-21-20(30-22(34(21)17-9-10-17)14-5-2-1-3-6-14)13-19(18)31-24-33-32-23(35-24)15-7-4-8-16(11-15)25(27,28)29/h1-8,11-13,17H,9-10H2,(H,31,33). The third kappa shape index (κ3) is 4.14. The SMILES string of the molecule is Fc1cc2c(cc1Nc1nnc(-c3cccc(C(F)(F)F)c3)s1)nc(-c1ccccc1)n2C1CC1. The fourth-order valence-corrected chi connectivity index (χ4v) is 4.79. The summed E-state index contributed by atoms with van der Waals surface area (Å²) in [6.07, 6.45) is -2.41. The van der Waals surface area contributed by atoms with Gasteiger partial charge in [-0.3, -0.25) is 0 Å². The molecule has 1 aliphatic rings. The molecule has 1 fully saturated rings. The Morgan fingerprint density at radius 2 is 1.69 bits per heavy atom. The Balaban J connectivity index is 1.34. The zero-order valence-electron chi connectivity index (χ0n) is 18.1. The van der Waals surface area contributed by atoms with Crippen molar-refractivity contribution in [2.75, 3.05) is 5.32 Å². The van der Waals surface area contributed by atoms with E-state index in [1.54, 1.807) is 6.07 Å². The lowest BCUT2D eigenvalue weighted by Crippen LogP contribution is -2.04. The Morgan fingerprint density at radius 1 is 0.914 bits per heavy atom. The number of alkyl halides is 3. The first-order valence-corrected chi connectivity index (χ1v) is 11.7. The van der Waals surface area contributed by atoms with Crippen LogP contribution in [0.25, 0.3) is 33.0 Å². The van der Waals surface area contributed by atoms with Crippen molar-refractivity contribution < 1.29 is 17.6 Å². The molecule has 2 heterocycles. The maximum absolute atomic E-state index is 15.1. The average molecular weight is 496 g/mol. The van der Waals surface area contributed by atoms with Gasteiger partial charge in [0.2, 0.25) is 5.13 Å². The lowest BCUT2D eigenvalue weighted by molar-refractivity contribution is -0.137. The van der Waals surface area contributed by atoms with Crippen LogP contribution in [-0.4, -0.2) is 19.7 Å². The van der Waals surface area contributed by atoms with Crippen molar-refractivity contribution >= 4 is 33.2 Å². The zero-order valence-corrected chi connectivity index (χ0v) is 18.9. The highest BCUT2D eigenvalue weighted by molar-refractivity contribution is 7.18. The van der Waals surface area contributed by atoms with Gasteiger partial charge in [-0.05, 0) is 31.0 Å². The number of rotatable bonds is 5. The third-order valence-electron chi connectivity index (χ3n) is 5.83. The summed E-state index contributed by atoms with van der Waals surface area (Å²) in [5.41, 5.74) is 2.01.